The van der Waals surface area contributed by atoms with Gasteiger partial charge in [-0.15, -0.1) is 0 Å². The van der Waals surface area contributed by atoms with Crippen molar-refractivity contribution in [2.45, 2.75) is 26.4 Å². The first-order valence-electron chi connectivity index (χ1n) is 8.77. The van der Waals surface area contributed by atoms with Gasteiger partial charge in [0, 0.05) is 18.9 Å². The van der Waals surface area contributed by atoms with Crippen molar-refractivity contribution in [2.75, 3.05) is 6.61 Å². The first-order chi connectivity index (χ1) is 12.7. The lowest BCUT2D eigenvalue weighted by Crippen LogP contribution is -2.28. The molecule has 5 nitrogen and oxygen atoms in total. The van der Waals surface area contributed by atoms with Gasteiger partial charge in [-0.2, -0.15) is 5.10 Å². The molecule has 2 aromatic carbocycles. The number of carbonyl (C=O) groups is 1. The summed E-state index contributed by atoms with van der Waals surface area (Å²) >= 11 is 0. The summed E-state index contributed by atoms with van der Waals surface area (Å²) in [7, 11) is 0. The molecule has 0 unspecified atom stereocenters. The van der Waals surface area contributed by atoms with Crippen LogP contribution in [0.2, 0.25) is 0 Å². The zero-order valence-electron chi connectivity index (χ0n) is 14.9. The van der Waals surface area contributed by atoms with E-state index in [-0.39, 0.29) is 12.5 Å². The predicted molar refractivity (Wildman–Crippen MR) is 101 cm³/mol. The third-order valence-electron chi connectivity index (χ3n) is 4.16. The highest BCUT2D eigenvalue weighted by atomic mass is 16.5. The number of rotatable bonds is 8. The van der Waals surface area contributed by atoms with Crippen LogP contribution in [0.3, 0.4) is 0 Å². The first-order valence-corrected chi connectivity index (χ1v) is 8.77. The molecule has 0 spiro atoms. The quantitative estimate of drug-likeness (QED) is 0.679. The Morgan fingerprint density at radius 3 is 2.73 bits per heavy atom. The summed E-state index contributed by atoms with van der Waals surface area (Å²) in [5, 5.41) is 7.16. The van der Waals surface area contributed by atoms with Gasteiger partial charge in [-0.3, -0.25) is 9.48 Å². The van der Waals surface area contributed by atoms with Gasteiger partial charge in [0.05, 0.1) is 6.54 Å². The van der Waals surface area contributed by atoms with Gasteiger partial charge in [0.25, 0.3) is 5.91 Å². The molecular weight excluding hydrogens is 326 g/mol. The summed E-state index contributed by atoms with van der Waals surface area (Å²) < 4.78 is 7.45. The highest BCUT2D eigenvalue weighted by Crippen LogP contribution is 2.14. The molecule has 5 heteroatoms. The van der Waals surface area contributed by atoms with E-state index in [4.69, 9.17) is 4.74 Å². The number of benzene rings is 2. The summed E-state index contributed by atoms with van der Waals surface area (Å²) in [5.74, 6) is 0.583. The van der Waals surface area contributed by atoms with Gasteiger partial charge in [-0.25, -0.2) is 0 Å². The van der Waals surface area contributed by atoms with Crippen molar-refractivity contribution in [3.8, 4) is 5.75 Å². The molecule has 1 aromatic heterocycles. The van der Waals surface area contributed by atoms with Gasteiger partial charge in [0.15, 0.2) is 6.61 Å². The molecule has 1 heterocycles. The van der Waals surface area contributed by atoms with E-state index in [0.717, 1.165) is 23.3 Å². The van der Waals surface area contributed by atoms with Crippen molar-refractivity contribution >= 4 is 5.91 Å². The van der Waals surface area contributed by atoms with Gasteiger partial charge in [0.1, 0.15) is 5.75 Å². The highest BCUT2D eigenvalue weighted by Gasteiger charge is 2.07. The molecule has 0 fully saturated rings. The minimum atomic E-state index is -0.138. The summed E-state index contributed by atoms with van der Waals surface area (Å²) in [5.41, 5.74) is 3.40. The molecule has 3 rings (SSSR count). The number of amides is 1. The third kappa shape index (κ3) is 4.96. The minimum Gasteiger partial charge on any atom is -0.484 e. The minimum absolute atomic E-state index is 0.00842. The van der Waals surface area contributed by atoms with Crippen LogP contribution in [0, 0.1) is 0 Å². The highest BCUT2D eigenvalue weighted by molar-refractivity contribution is 5.77. The van der Waals surface area contributed by atoms with Crippen molar-refractivity contribution < 1.29 is 9.53 Å². The van der Waals surface area contributed by atoms with E-state index in [1.54, 1.807) is 6.20 Å². The Morgan fingerprint density at radius 1 is 1.12 bits per heavy atom. The number of carbonyl (C=O) groups excluding carboxylic acids is 1. The van der Waals surface area contributed by atoms with E-state index in [1.807, 2.05) is 59.4 Å². The second-order valence-corrected chi connectivity index (χ2v) is 6.04. The normalized spacial score (nSPS) is 10.5. The summed E-state index contributed by atoms with van der Waals surface area (Å²) in [6, 6.07) is 17.8. The number of nitrogens with one attached hydrogen (secondary N) is 1. The topological polar surface area (TPSA) is 56.1 Å². The lowest BCUT2D eigenvalue weighted by Gasteiger charge is -2.12. The standard InChI is InChI=1S/C21H23N3O2/c1-2-17-7-5-10-20(13-17)26-16-21(25)22-14-18-8-3-4-9-19(18)15-24-12-6-11-23-24/h3-13H,2,14-16H2,1H3,(H,22,25). The fourth-order valence-electron chi connectivity index (χ4n) is 2.70. The molecule has 3 aromatic rings. The van der Waals surface area contributed by atoms with E-state index in [1.165, 1.54) is 5.56 Å². The number of nitrogens with zero attached hydrogens (tertiary/aromatic N) is 2. The maximum atomic E-state index is 12.1. The summed E-state index contributed by atoms with van der Waals surface area (Å²) in [6.45, 7) is 3.25. The number of ether oxygens (including phenoxy) is 1. The third-order valence-corrected chi connectivity index (χ3v) is 4.16. The van der Waals surface area contributed by atoms with E-state index in [0.29, 0.717) is 13.1 Å². The molecular formula is C21H23N3O2. The van der Waals surface area contributed by atoms with E-state index < -0.39 is 0 Å². The Labute approximate surface area is 153 Å². The number of aryl methyl sites for hydroxylation is 1. The number of aromatic nitrogens is 2. The van der Waals surface area contributed by atoms with Crippen molar-refractivity contribution in [1.29, 1.82) is 0 Å². The Hall–Kier alpha value is -3.08. The maximum absolute atomic E-state index is 12.1. The van der Waals surface area contributed by atoms with Crippen LogP contribution in [0.5, 0.6) is 5.75 Å². The van der Waals surface area contributed by atoms with Crippen molar-refractivity contribution in [2.24, 2.45) is 0 Å². The fourth-order valence-corrected chi connectivity index (χ4v) is 2.70. The summed E-state index contributed by atoms with van der Waals surface area (Å²) in [4.78, 5) is 12.1. The molecule has 0 radical (unpaired) electrons. The molecule has 0 saturated carbocycles. The lowest BCUT2D eigenvalue weighted by molar-refractivity contribution is -0.123. The van der Waals surface area contributed by atoms with Crippen LogP contribution in [0.1, 0.15) is 23.6 Å². The van der Waals surface area contributed by atoms with Crippen LogP contribution in [0.4, 0.5) is 0 Å². The SMILES string of the molecule is CCc1cccc(OCC(=O)NCc2ccccc2Cn2cccn2)c1. The van der Waals surface area contributed by atoms with Gasteiger partial charge in [-0.1, -0.05) is 43.3 Å². The second kappa shape index (κ2) is 8.85. The van der Waals surface area contributed by atoms with E-state index in [9.17, 15) is 4.79 Å². The number of hydrogen-bond donors (Lipinski definition) is 1. The Morgan fingerprint density at radius 2 is 1.96 bits per heavy atom. The molecule has 1 amide bonds. The fraction of sp³-hybridized carbons (Fsp3) is 0.238. The predicted octanol–water partition coefficient (Wildman–Crippen LogP) is 3.19. The van der Waals surface area contributed by atoms with Gasteiger partial charge in [0.2, 0.25) is 0 Å². The second-order valence-electron chi connectivity index (χ2n) is 6.04. The van der Waals surface area contributed by atoms with E-state index >= 15 is 0 Å². The van der Waals surface area contributed by atoms with Gasteiger partial charge < -0.3 is 10.1 Å². The van der Waals surface area contributed by atoms with Crippen molar-refractivity contribution in [1.82, 2.24) is 15.1 Å². The Kier molecular flexibility index (Phi) is 6.04. The van der Waals surface area contributed by atoms with E-state index in [2.05, 4.69) is 23.4 Å². The average molecular weight is 349 g/mol. The van der Waals surface area contributed by atoms with Crippen LogP contribution in [0.25, 0.3) is 0 Å². The molecule has 0 saturated heterocycles. The molecule has 26 heavy (non-hydrogen) atoms. The molecule has 0 aliphatic heterocycles. The van der Waals surface area contributed by atoms with Gasteiger partial charge >= 0.3 is 0 Å². The zero-order chi connectivity index (χ0) is 18.2. The monoisotopic (exact) mass is 349 g/mol. The van der Waals surface area contributed by atoms with Gasteiger partial charge in [-0.05, 0) is 41.3 Å². The summed E-state index contributed by atoms with van der Waals surface area (Å²) in [6.07, 6.45) is 4.62. The van der Waals surface area contributed by atoms with Crippen LogP contribution < -0.4 is 10.1 Å². The average Bonchev–Trinajstić information content (AvgIpc) is 3.19. The van der Waals surface area contributed by atoms with Crippen LogP contribution in [-0.4, -0.2) is 22.3 Å². The molecule has 0 atom stereocenters. The molecule has 0 bridgehead atoms. The Bertz CT molecular complexity index is 844. The van der Waals surface area contributed by atoms with Crippen LogP contribution in [-0.2, 0) is 24.3 Å². The zero-order valence-corrected chi connectivity index (χ0v) is 14.9. The first kappa shape index (κ1) is 17.7. The van der Waals surface area contributed by atoms with Crippen molar-refractivity contribution in [3.05, 3.63) is 83.7 Å². The van der Waals surface area contributed by atoms with Crippen LogP contribution in [0.15, 0.2) is 67.0 Å². The largest absolute Gasteiger partial charge is 0.484 e. The lowest BCUT2D eigenvalue weighted by atomic mass is 10.1. The molecule has 1 N–H and O–H groups in total. The Balaban J connectivity index is 1.53. The molecule has 134 valence electrons. The molecule has 0 aliphatic rings. The maximum Gasteiger partial charge on any atom is 0.258 e. The smallest absolute Gasteiger partial charge is 0.258 e. The van der Waals surface area contributed by atoms with Crippen LogP contribution >= 0.6 is 0 Å². The number of hydrogen-bond acceptors (Lipinski definition) is 3. The van der Waals surface area contributed by atoms with Crippen molar-refractivity contribution in [3.63, 3.8) is 0 Å². The molecule has 0 aliphatic carbocycles.